The predicted molar refractivity (Wildman–Crippen MR) is 80.2 cm³/mol. The minimum atomic E-state index is -0.395. The SMILES string of the molecule is Cc1ccc(C(O)C(C)N2CC(C)CCC2C)cc1. The summed E-state index contributed by atoms with van der Waals surface area (Å²) < 4.78 is 0. The van der Waals surface area contributed by atoms with Crippen molar-refractivity contribution in [1.82, 2.24) is 4.90 Å². The standard InChI is InChI=1S/C17H27NO/c1-12-6-9-16(10-7-12)17(19)15(4)18-11-13(2)5-8-14(18)3/h6-7,9-10,13-15,17,19H,5,8,11H2,1-4H3. The highest BCUT2D eigenvalue weighted by molar-refractivity contribution is 5.24. The van der Waals surface area contributed by atoms with Crippen molar-refractivity contribution < 1.29 is 5.11 Å². The van der Waals surface area contributed by atoms with E-state index in [0.717, 1.165) is 18.0 Å². The number of hydrogen-bond acceptors (Lipinski definition) is 2. The number of hydrogen-bond donors (Lipinski definition) is 1. The van der Waals surface area contributed by atoms with Gasteiger partial charge in [0.1, 0.15) is 0 Å². The summed E-state index contributed by atoms with van der Waals surface area (Å²) in [5.74, 6) is 0.740. The summed E-state index contributed by atoms with van der Waals surface area (Å²) in [6.07, 6.45) is 2.16. The number of piperidine rings is 1. The molecule has 2 rings (SSSR count). The summed E-state index contributed by atoms with van der Waals surface area (Å²) >= 11 is 0. The Kier molecular flexibility index (Phi) is 4.64. The van der Waals surface area contributed by atoms with Crippen LogP contribution in [0.4, 0.5) is 0 Å². The van der Waals surface area contributed by atoms with Crippen molar-refractivity contribution in [2.45, 2.75) is 58.7 Å². The first-order valence-electron chi connectivity index (χ1n) is 7.49. The fourth-order valence-electron chi connectivity index (χ4n) is 3.11. The summed E-state index contributed by atoms with van der Waals surface area (Å²) in [7, 11) is 0. The van der Waals surface area contributed by atoms with Crippen LogP contribution in [0.3, 0.4) is 0 Å². The molecule has 2 nitrogen and oxygen atoms in total. The molecule has 1 aliphatic rings. The van der Waals surface area contributed by atoms with Crippen molar-refractivity contribution in [3.05, 3.63) is 35.4 Å². The largest absolute Gasteiger partial charge is 0.387 e. The maximum atomic E-state index is 10.6. The second-order valence-electron chi connectivity index (χ2n) is 6.32. The van der Waals surface area contributed by atoms with Gasteiger partial charge in [-0.05, 0) is 45.1 Å². The molecule has 1 N–H and O–H groups in total. The Hall–Kier alpha value is -0.860. The van der Waals surface area contributed by atoms with Crippen LogP contribution in [0.5, 0.6) is 0 Å². The molecule has 1 saturated heterocycles. The Labute approximate surface area is 117 Å². The van der Waals surface area contributed by atoms with E-state index in [2.05, 4.69) is 56.9 Å². The molecular formula is C17H27NO. The molecule has 4 unspecified atom stereocenters. The summed E-state index contributed by atoms with van der Waals surface area (Å²) in [6.45, 7) is 9.92. The quantitative estimate of drug-likeness (QED) is 0.899. The third kappa shape index (κ3) is 3.37. The zero-order valence-electron chi connectivity index (χ0n) is 12.6. The van der Waals surface area contributed by atoms with Crippen LogP contribution in [0, 0.1) is 12.8 Å². The van der Waals surface area contributed by atoms with Crippen LogP contribution in [0.1, 0.15) is 50.8 Å². The van der Waals surface area contributed by atoms with Gasteiger partial charge in [-0.2, -0.15) is 0 Å². The highest BCUT2D eigenvalue weighted by Crippen LogP contribution is 2.29. The van der Waals surface area contributed by atoms with Crippen LogP contribution >= 0.6 is 0 Å². The van der Waals surface area contributed by atoms with Gasteiger partial charge in [0.2, 0.25) is 0 Å². The number of aryl methyl sites for hydroxylation is 1. The van der Waals surface area contributed by atoms with Crippen LogP contribution in [-0.4, -0.2) is 28.6 Å². The van der Waals surface area contributed by atoms with E-state index >= 15 is 0 Å². The lowest BCUT2D eigenvalue weighted by atomic mass is 9.91. The molecule has 0 bridgehead atoms. The zero-order chi connectivity index (χ0) is 14.0. The molecule has 0 amide bonds. The first-order chi connectivity index (χ1) is 8.99. The number of nitrogens with zero attached hydrogens (tertiary/aromatic N) is 1. The van der Waals surface area contributed by atoms with E-state index in [1.807, 2.05) is 0 Å². The lowest BCUT2D eigenvalue weighted by Gasteiger charge is -2.42. The molecular weight excluding hydrogens is 234 g/mol. The molecule has 1 aromatic carbocycles. The normalized spacial score (nSPS) is 28.1. The van der Waals surface area contributed by atoms with E-state index in [9.17, 15) is 5.11 Å². The van der Waals surface area contributed by atoms with E-state index in [1.165, 1.54) is 18.4 Å². The van der Waals surface area contributed by atoms with E-state index in [0.29, 0.717) is 6.04 Å². The average molecular weight is 261 g/mol. The maximum absolute atomic E-state index is 10.6. The van der Waals surface area contributed by atoms with E-state index < -0.39 is 6.10 Å². The van der Waals surface area contributed by atoms with Crippen LogP contribution in [0.15, 0.2) is 24.3 Å². The molecule has 1 heterocycles. The fraction of sp³-hybridized carbons (Fsp3) is 0.647. The minimum Gasteiger partial charge on any atom is -0.387 e. The van der Waals surface area contributed by atoms with Crippen molar-refractivity contribution in [2.75, 3.05) is 6.54 Å². The smallest absolute Gasteiger partial charge is 0.0942 e. The fourth-order valence-corrected chi connectivity index (χ4v) is 3.11. The third-order valence-electron chi connectivity index (χ3n) is 4.56. The lowest BCUT2D eigenvalue weighted by molar-refractivity contribution is 0.00725. The molecule has 0 radical (unpaired) electrons. The second kappa shape index (κ2) is 6.06. The Bertz CT molecular complexity index is 400. The van der Waals surface area contributed by atoms with Crippen LogP contribution in [-0.2, 0) is 0 Å². The molecule has 2 heteroatoms. The van der Waals surface area contributed by atoms with Gasteiger partial charge >= 0.3 is 0 Å². The Balaban J connectivity index is 2.09. The number of aliphatic hydroxyl groups excluding tert-OH is 1. The molecule has 19 heavy (non-hydrogen) atoms. The Morgan fingerprint density at radius 1 is 1.16 bits per heavy atom. The molecule has 4 atom stereocenters. The first-order valence-corrected chi connectivity index (χ1v) is 7.49. The van der Waals surface area contributed by atoms with Gasteiger partial charge in [0.25, 0.3) is 0 Å². The van der Waals surface area contributed by atoms with Gasteiger partial charge in [-0.25, -0.2) is 0 Å². The van der Waals surface area contributed by atoms with Gasteiger partial charge in [-0.15, -0.1) is 0 Å². The molecule has 0 aromatic heterocycles. The van der Waals surface area contributed by atoms with Gasteiger partial charge in [-0.3, -0.25) is 4.90 Å². The number of aliphatic hydroxyl groups is 1. The molecule has 0 saturated carbocycles. The maximum Gasteiger partial charge on any atom is 0.0942 e. The average Bonchev–Trinajstić information content (AvgIpc) is 2.41. The summed E-state index contributed by atoms with van der Waals surface area (Å²) in [6, 6.07) is 9.01. The van der Waals surface area contributed by atoms with Gasteiger partial charge in [0.15, 0.2) is 0 Å². The van der Waals surface area contributed by atoms with Crippen molar-refractivity contribution >= 4 is 0 Å². The lowest BCUT2D eigenvalue weighted by Crippen LogP contribution is -2.48. The van der Waals surface area contributed by atoms with Crippen LogP contribution in [0.25, 0.3) is 0 Å². The third-order valence-corrected chi connectivity index (χ3v) is 4.56. The number of likely N-dealkylation sites (tertiary alicyclic amines) is 1. The second-order valence-corrected chi connectivity index (χ2v) is 6.32. The number of rotatable bonds is 3. The summed E-state index contributed by atoms with van der Waals surface area (Å²) in [5, 5.41) is 10.6. The highest BCUT2D eigenvalue weighted by Gasteiger charge is 2.30. The minimum absolute atomic E-state index is 0.181. The first kappa shape index (κ1) is 14.5. The highest BCUT2D eigenvalue weighted by atomic mass is 16.3. The topological polar surface area (TPSA) is 23.5 Å². The molecule has 0 aliphatic carbocycles. The molecule has 0 spiro atoms. The molecule has 1 aromatic rings. The monoisotopic (exact) mass is 261 g/mol. The zero-order valence-corrected chi connectivity index (χ0v) is 12.6. The molecule has 1 aliphatic heterocycles. The van der Waals surface area contributed by atoms with E-state index in [-0.39, 0.29) is 6.04 Å². The van der Waals surface area contributed by atoms with Crippen LogP contribution in [0.2, 0.25) is 0 Å². The van der Waals surface area contributed by atoms with Gasteiger partial charge in [-0.1, -0.05) is 36.8 Å². The number of benzene rings is 1. The van der Waals surface area contributed by atoms with E-state index in [4.69, 9.17) is 0 Å². The Morgan fingerprint density at radius 2 is 1.79 bits per heavy atom. The van der Waals surface area contributed by atoms with Crippen molar-refractivity contribution in [3.8, 4) is 0 Å². The summed E-state index contributed by atoms with van der Waals surface area (Å²) in [4.78, 5) is 2.47. The van der Waals surface area contributed by atoms with Gasteiger partial charge in [0.05, 0.1) is 6.10 Å². The van der Waals surface area contributed by atoms with Gasteiger partial charge in [0, 0.05) is 18.6 Å². The van der Waals surface area contributed by atoms with Crippen molar-refractivity contribution in [3.63, 3.8) is 0 Å². The molecule has 1 fully saturated rings. The van der Waals surface area contributed by atoms with Crippen molar-refractivity contribution in [2.24, 2.45) is 5.92 Å². The summed E-state index contributed by atoms with van der Waals surface area (Å²) in [5.41, 5.74) is 2.27. The molecule has 106 valence electrons. The van der Waals surface area contributed by atoms with Gasteiger partial charge < -0.3 is 5.11 Å². The Morgan fingerprint density at radius 3 is 2.42 bits per heavy atom. The van der Waals surface area contributed by atoms with Crippen LogP contribution < -0.4 is 0 Å². The van der Waals surface area contributed by atoms with E-state index in [1.54, 1.807) is 0 Å². The van der Waals surface area contributed by atoms with Crippen molar-refractivity contribution in [1.29, 1.82) is 0 Å². The predicted octanol–water partition coefficient (Wildman–Crippen LogP) is 3.54.